The zero-order valence-corrected chi connectivity index (χ0v) is 53.4. The van der Waals surface area contributed by atoms with Crippen LogP contribution in [0.25, 0.3) is 171 Å². The molecule has 0 saturated carbocycles. The molecule has 0 amide bonds. The van der Waals surface area contributed by atoms with Crippen molar-refractivity contribution >= 4 is 109 Å². The molecule has 8 heteroatoms. The van der Waals surface area contributed by atoms with E-state index in [0.29, 0.717) is 11.1 Å². The van der Waals surface area contributed by atoms with Crippen molar-refractivity contribution < 1.29 is 0 Å². The van der Waals surface area contributed by atoms with Crippen LogP contribution in [0.3, 0.4) is 0 Å². The van der Waals surface area contributed by atoms with E-state index in [1.54, 1.807) is 0 Å². The van der Waals surface area contributed by atoms with Gasteiger partial charge in [-0.1, -0.05) is 158 Å². The molecule has 6 aromatic heterocycles. The van der Waals surface area contributed by atoms with Crippen LogP contribution < -0.4 is 0 Å². The third-order valence-corrected chi connectivity index (χ3v) is 19.8. The predicted octanol–water partition coefficient (Wildman–Crippen LogP) is 23.0. The summed E-state index contributed by atoms with van der Waals surface area (Å²) in [6, 6.07) is 123. The van der Waals surface area contributed by atoms with E-state index in [1.165, 1.54) is 87.3 Å². The smallest absolute Gasteiger partial charge is 0.145 e. The van der Waals surface area contributed by atoms with Gasteiger partial charge in [-0.25, -0.2) is 4.98 Å². The van der Waals surface area contributed by atoms with Crippen LogP contribution in [0.15, 0.2) is 340 Å². The summed E-state index contributed by atoms with van der Waals surface area (Å²) in [4.78, 5) is 5.00. The Hall–Kier alpha value is -13.8. The van der Waals surface area contributed by atoms with Gasteiger partial charge in [-0.2, -0.15) is 10.5 Å². The van der Waals surface area contributed by atoms with Gasteiger partial charge in [-0.15, -0.1) is 0 Å². The lowest BCUT2D eigenvalue weighted by molar-refractivity contribution is 1.13. The van der Waals surface area contributed by atoms with E-state index in [0.717, 1.165) is 83.7 Å². The number of para-hydroxylation sites is 7. The Morgan fingerprint density at radius 1 is 0.202 bits per heavy atom. The SMILES string of the molecule is N#Cc1ccc(-n2c3ccc(-c4ccc5c(c4)c4ccccc4n5-c4ccccc4)cc3c3cc(-c4ccc5c(c4)c4ccccc4n5-c4ccccc4)ccc32)cc1.N#Cc1ccc(-n2c3ccccc3c3cc(-c4ccc5c(c4)c4ccccc4n5-c4ccccc4)cnc32)cc1. The first-order valence-electron chi connectivity index (χ1n) is 33.3. The molecule has 20 rings (SSSR count). The molecular formula is C91H56N8. The molecule has 8 nitrogen and oxygen atoms in total. The lowest BCUT2D eigenvalue weighted by atomic mass is 9.98. The monoisotopic (exact) mass is 1260 g/mol. The summed E-state index contributed by atoms with van der Waals surface area (Å²) < 4.78 is 11.6. The zero-order chi connectivity index (χ0) is 65.7. The second-order valence-corrected chi connectivity index (χ2v) is 25.3. The second-order valence-electron chi connectivity index (χ2n) is 25.3. The minimum Gasteiger partial charge on any atom is -0.309 e. The zero-order valence-electron chi connectivity index (χ0n) is 53.4. The van der Waals surface area contributed by atoms with Gasteiger partial charge in [0.05, 0.1) is 72.9 Å². The van der Waals surface area contributed by atoms with E-state index in [2.05, 4.69) is 320 Å². The summed E-state index contributed by atoms with van der Waals surface area (Å²) in [6.07, 6.45) is 1.97. The van der Waals surface area contributed by atoms with E-state index >= 15 is 0 Å². The van der Waals surface area contributed by atoms with Crippen LogP contribution in [0.2, 0.25) is 0 Å². The van der Waals surface area contributed by atoms with Gasteiger partial charge in [-0.3, -0.25) is 4.57 Å². The maximum absolute atomic E-state index is 9.59. The molecule has 460 valence electrons. The van der Waals surface area contributed by atoms with Crippen molar-refractivity contribution in [2.75, 3.05) is 0 Å². The predicted molar refractivity (Wildman–Crippen MR) is 408 cm³/mol. The minimum atomic E-state index is 0.642. The molecular weight excluding hydrogens is 1210 g/mol. The van der Waals surface area contributed by atoms with Crippen LogP contribution in [0.5, 0.6) is 0 Å². The molecule has 0 aliphatic carbocycles. The van der Waals surface area contributed by atoms with E-state index in [9.17, 15) is 10.5 Å². The van der Waals surface area contributed by atoms with Crippen molar-refractivity contribution in [1.29, 1.82) is 10.5 Å². The van der Waals surface area contributed by atoms with Gasteiger partial charge in [0.25, 0.3) is 0 Å². The summed E-state index contributed by atoms with van der Waals surface area (Å²) in [5.41, 5.74) is 25.0. The van der Waals surface area contributed by atoms with Gasteiger partial charge in [0, 0.05) is 94.1 Å². The Morgan fingerprint density at radius 3 is 0.778 bits per heavy atom. The van der Waals surface area contributed by atoms with Gasteiger partial charge < -0.3 is 18.3 Å². The van der Waals surface area contributed by atoms with Crippen LogP contribution in [-0.2, 0) is 0 Å². The summed E-state index contributed by atoms with van der Waals surface area (Å²) in [6.45, 7) is 0. The number of fused-ring (bicyclic) bond motifs is 15. The van der Waals surface area contributed by atoms with Gasteiger partial charge in [0.15, 0.2) is 0 Å². The highest BCUT2D eigenvalue weighted by Gasteiger charge is 2.21. The Bertz CT molecular complexity index is 6500. The number of pyridine rings is 1. The molecule has 0 atom stereocenters. The Labute approximate surface area is 569 Å². The van der Waals surface area contributed by atoms with Crippen molar-refractivity contribution in [3.8, 4) is 74.0 Å². The van der Waals surface area contributed by atoms with E-state index in [4.69, 9.17) is 4.98 Å². The molecule has 0 aliphatic rings. The van der Waals surface area contributed by atoms with Crippen molar-refractivity contribution in [2.24, 2.45) is 0 Å². The lowest BCUT2D eigenvalue weighted by Crippen LogP contribution is -1.95. The highest BCUT2D eigenvalue weighted by Crippen LogP contribution is 2.43. The van der Waals surface area contributed by atoms with E-state index in [-0.39, 0.29) is 0 Å². The van der Waals surface area contributed by atoms with Gasteiger partial charge in [-0.05, 0) is 204 Å². The molecule has 0 bridgehead atoms. The minimum absolute atomic E-state index is 0.642. The quantitative estimate of drug-likeness (QED) is 0.152. The summed E-state index contributed by atoms with van der Waals surface area (Å²) in [5.74, 6) is 0. The molecule has 0 unspecified atom stereocenters. The topological polar surface area (TPSA) is 85.1 Å². The fourth-order valence-electron chi connectivity index (χ4n) is 15.3. The number of hydrogen-bond acceptors (Lipinski definition) is 3. The molecule has 99 heavy (non-hydrogen) atoms. The molecule has 14 aromatic carbocycles. The summed E-state index contributed by atoms with van der Waals surface area (Å²) in [7, 11) is 0. The fourth-order valence-corrected chi connectivity index (χ4v) is 15.3. The molecule has 6 heterocycles. The van der Waals surface area contributed by atoms with Crippen molar-refractivity contribution in [2.45, 2.75) is 0 Å². The van der Waals surface area contributed by atoms with Gasteiger partial charge >= 0.3 is 0 Å². The number of nitrogens with zero attached hydrogens (tertiary/aromatic N) is 8. The third kappa shape index (κ3) is 9.24. The van der Waals surface area contributed by atoms with Crippen molar-refractivity contribution in [1.82, 2.24) is 27.8 Å². The standard InChI is InChI=1S/C55H34N4.C36H22N4/c56-35-36-19-25-43(26-20-36)59-54-29-23-39(37-21-27-52-46(31-37)44-15-7-9-17-50(44)57(52)41-11-3-1-4-12-41)33-48(54)49-34-40(24-30-55(49)59)38-22-28-53-47(32-38)45-16-8-10-18-51(45)58(53)42-13-5-2-6-14-42;37-22-24-14-17-28(18-15-24)40-34-13-7-5-11-30(34)32-21-26(23-38-36(32)40)25-16-19-35-31(20-25)29-10-4-6-12-33(29)39(35)27-8-2-1-3-9-27/h1-34H;1-21,23H. The van der Waals surface area contributed by atoms with Crippen LogP contribution in [0, 0.1) is 22.7 Å². The van der Waals surface area contributed by atoms with Crippen LogP contribution in [0.1, 0.15) is 11.1 Å². The maximum Gasteiger partial charge on any atom is 0.145 e. The van der Waals surface area contributed by atoms with Crippen molar-refractivity contribution in [3.05, 3.63) is 351 Å². The molecule has 0 radical (unpaired) electrons. The Balaban J connectivity index is 0.000000149. The average molecular weight is 1260 g/mol. The lowest BCUT2D eigenvalue weighted by Gasteiger charge is -2.10. The normalized spacial score (nSPS) is 11.6. The fraction of sp³-hybridized carbons (Fsp3) is 0. The van der Waals surface area contributed by atoms with Crippen LogP contribution >= 0.6 is 0 Å². The first-order valence-corrected chi connectivity index (χ1v) is 33.3. The first-order chi connectivity index (χ1) is 49.0. The molecule has 0 N–H and O–H groups in total. The highest BCUT2D eigenvalue weighted by atomic mass is 15.0. The summed E-state index contributed by atoms with van der Waals surface area (Å²) in [5, 5.41) is 30.8. The van der Waals surface area contributed by atoms with Crippen molar-refractivity contribution in [3.63, 3.8) is 0 Å². The van der Waals surface area contributed by atoms with Gasteiger partial charge in [0.2, 0.25) is 0 Å². The number of benzene rings is 14. The molecule has 0 fully saturated rings. The molecule has 0 saturated heterocycles. The largest absolute Gasteiger partial charge is 0.309 e. The number of hydrogen-bond donors (Lipinski definition) is 0. The number of aromatic nitrogens is 6. The Kier molecular flexibility index (Phi) is 13.2. The van der Waals surface area contributed by atoms with E-state index in [1.807, 2.05) is 54.7 Å². The van der Waals surface area contributed by atoms with Crippen LogP contribution in [0.4, 0.5) is 0 Å². The third-order valence-electron chi connectivity index (χ3n) is 19.8. The summed E-state index contributed by atoms with van der Waals surface area (Å²) >= 11 is 0. The molecule has 20 aromatic rings. The number of rotatable bonds is 8. The highest BCUT2D eigenvalue weighted by molar-refractivity contribution is 6.16. The first kappa shape index (κ1) is 56.7. The van der Waals surface area contributed by atoms with E-state index < -0.39 is 0 Å². The number of nitriles is 2. The van der Waals surface area contributed by atoms with Gasteiger partial charge in [0.1, 0.15) is 5.65 Å². The maximum atomic E-state index is 9.59. The molecule has 0 aliphatic heterocycles. The second kappa shape index (κ2) is 23.0. The Morgan fingerprint density at radius 2 is 0.444 bits per heavy atom. The average Bonchev–Trinajstić information content (AvgIpc) is 1.61. The van der Waals surface area contributed by atoms with Crippen LogP contribution in [-0.4, -0.2) is 27.8 Å². The molecule has 0 spiro atoms.